The van der Waals surface area contributed by atoms with Crippen molar-refractivity contribution in [2.75, 3.05) is 7.05 Å². The molecule has 1 saturated carbocycles. The molecule has 1 aliphatic rings. The SMILES string of the molecule is CNC(c1ncc(C)cn1)C1CCCC(C)C1. The van der Waals surface area contributed by atoms with Crippen molar-refractivity contribution in [3.05, 3.63) is 23.8 Å². The molecule has 17 heavy (non-hydrogen) atoms. The van der Waals surface area contributed by atoms with E-state index >= 15 is 0 Å². The molecule has 1 aliphatic carbocycles. The molecular formula is C14H23N3. The monoisotopic (exact) mass is 233 g/mol. The minimum atomic E-state index is 0.318. The molecular weight excluding hydrogens is 210 g/mol. The van der Waals surface area contributed by atoms with Crippen molar-refractivity contribution in [1.29, 1.82) is 0 Å². The van der Waals surface area contributed by atoms with E-state index in [4.69, 9.17) is 0 Å². The van der Waals surface area contributed by atoms with Gasteiger partial charge in [0.2, 0.25) is 0 Å². The molecule has 1 N–H and O–H groups in total. The highest BCUT2D eigenvalue weighted by atomic mass is 15.0. The van der Waals surface area contributed by atoms with Gasteiger partial charge in [-0.1, -0.05) is 19.8 Å². The van der Waals surface area contributed by atoms with E-state index in [0.717, 1.165) is 17.3 Å². The molecule has 3 unspecified atom stereocenters. The first-order chi connectivity index (χ1) is 8.20. The van der Waals surface area contributed by atoms with Gasteiger partial charge in [-0.2, -0.15) is 0 Å². The van der Waals surface area contributed by atoms with Gasteiger partial charge in [-0.05, 0) is 44.2 Å². The van der Waals surface area contributed by atoms with Crippen molar-refractivity contribution in [1.82, 2.24) is 15.3 Å². The molecule has 0 aliphatic heterocycles. The Balaban J connectivity index is 2.12. The summed E-state index contributed by atoms with van der Waals surface area (Å²) >= 11 is 0. The molecule has 0 spiro atoms. The van der Waals surface area contributed by atoms with Crippen molar-refractivity contribution in [3.63, 3.8) is 0 Å². The summed E-state index contributed by atoms with van der Waals surface area (Å²) in [5, 5.41) is 3.40. The van der Waals surface area contributed by atoms with Crippen LogP contribution >= 0.6 is 0 Å². The second-order valence-electron chi connectivity index (χ2n) is 5.42. The first-order valence-electron chi connectivity index (χ1n) is 6.66. The van der Waals surface area contributed by atoms with Crippen LogP contribution in [0.4, 0.5) is 0 Å². The Morgan fingerprint density at radius 3 is 2.59 bits per heavy atom. The molecule has 0 amide bonds. The third kappa shape index (κ3) is 3.03. The summed E-state index contributed by atoms with van der Waals surface area (Å²) in [6.07, 6.45) is 9.14. The van der Waals surface area contributed by atoms with E-state index in [1.807, 2.05) is 26.4 Å². The maximum Gasteiger partial charge on any atom is 0.145 e. The molecule has 0 aromatic carbocycles. The minimum absolute atomic E-state index is 0.318. The zero-order valence-electron chi connectivity index (χ0n) is 11.1. The zero-order valence-corrected chi connectivity index (χ0v) is 11.1. The van der Waals surface area contributed by atoms with Crippen LogP contribution in [0.3, 0.4) is 0 Å². The first-order valence-corrected chi connectivity index (χ1v) is 6.66. The Morgan fingerprint density at radius 2 is 2.00 bits per heavy atom. The fourth-order valence-electron chi connectivity index (χ4n) is 2.92. The molecule has 3 nitrogen and oxygen atoms in total. The highest BCUT2D eigenvalue weighted by Gasteiger charge is 2.28. The molecule has 3 heteroatoms. The van der Waals surface area contributed by atoms with Crippen molar-refractivity contribution < 1.29 is 0 Å². The van der Waals surface area contributed by atoms with Gasteiger partial charge in [-0.25, -0.2) is 9.97 Å². The van der Waals surface area contributed by atoms with Crippen molar-refractivity contribution in [3.8, 4) is 0 Å². The molecule has 1 aromatic rings. The molecule has 0 saturated heterocycles. The summed E-state index contributed by atoms with van der Waals surface area (Å²) in [6, 6.07) is 0.318. The summed E-state index contributed by atoms with van der Waals surface area (Å²) in [5.41, 5.74) is 1.13. The molecule has 94 valence electrons. The smallest absolute Gasteiger partial charge is 0.145 e. The number of nitrogens with zero attached hydrogens (tertiary/aromatic N) is 2. The molecule has 1 heterocycles. The Hall–Kier alpha value is -0.960. The second kappa shape index (κ2) is 5.58. The first kappa shape index (κ1) is 12.5. The lowest BCUT2D eigenvalue weighted by Gasteiger charge is -2.32. The maximum absolute atomic E-state index is 4.48. The average Bonchev–Trinajstić information content (AvgIpc) is 2.33. The molecule has 3 atom stereocenters. The van der Waals surface area contributed by atoms with E-state index in [1.165, 1.54) is 25.7 Å². The van der Waals surface area contributed by atoms with Crippen LogP contribution in [0.2, 0.25) is 0 Å². The number of rotatable bonds is 3. The zero-order chi connectivity index (χ0) is 12.3. The van der Waals surface area contributed by atoms with Crippen LogP contribution in [0.5, 0.6) is 0 Å². The van der Waals surface area contributed by atoms with Crippen molar-refractivity contribution in [2.45, 2.75) is 45.6 Å². The summed E-state index contributed by atoms with van der Waals surface area (Å²) in [7, 11) is 2.02. The van der Waals surface area contributed by atoms with E-state index in [9.17, 15) is 0 Å². The second-order valence-corrected chi connectivity index (χ2v) is 5.42. The van der Waals surface area contributed by atoms with E-state index in [-0.39, 0.29) is 0 Å². The number of hydrogen-bond acceptors (Lipinski definition) is 3. The minimum Gasteiger partial charge on any atom is -0.310 e. The Labute approximate surface area is 104 Å². The number of nitrogens with one attached hydrogen (secondary N) is 1. The fraction of sp³-hybridized carbons (Fsp3) is 0.714. The van der Waals surface area contributed by atoms with Crippen molar-refractivity contribution in [2.24, 2.45) is 11.8 Å². The van der Waals surface area contributed by atoms with Gasteiger partial charge in [0.1, 0.15) is 5.82 Å². The van der Waals surface area contributed by atoms with Crippen LogP contribution in [0.15, 0.2) is 12.4 Å². The fourth-order valence-corrected chi connectivity index (χ4v) is 2.92. The predicted octanol–water partition coefficient (Wildman–Crippen LogP) is 2.87. The predicted molar refractivity (Wildman–Crippen MR) is 69.7 cm³/mol. The third-order valence-corrected chi connectivity index (χ3v) is 3.84. The molecule has 0 radical (unpaired) electrons. The average molecular weight is 233 g/mol. The van der Waals surface area contributed by atoms with E-state index < -0.39 is 0 Å². The highest BCUT2D eigenvalue weighted by molar-refractivity contribution is 5.05. The van der Waals surface area contributed by atoms with Crippen LogP contribution in [0.25, 0.3) is 0 Å². The van der Waals surface area contributed by atoms with Crippen LogP contribution in [-0.2, 0) is 0 Å². The van der Waals surface area contributed by atoms with Gasteiger partial charge in [0, 0.05) is 12.4 Å². The van der Waals surface area contributed by atoms with Gasteiger partial charge >= 0.3 is 0 Å². The van der Waals surface area contributed by atoms with Gasteiger partial charge in [-0.3, -0.25) is 0 Å². The summed E-state index contributed by atoms with van der Waals surface area (Å²) < 4.78 is 0. The van der Waals surface area contributed by atoms with E-state index in [1.54, 1.807) is 0 Å². The summed E-state index contributed by atoms with van der Waals surface area (Å²) in [6.45, 7) is 4.38. The van der Waals surface area contributed by atoms with Crippen LogP contribution in [0.1, 0.15) is 50.0 Å². The van der Waals surface area contributed by atoms with Gasteiger partial charge in [0.05, 0.1) is 6.04 Å². The summed E-state index contributed by atoms with van der Waals surface area (Å²) in [4.78, 5) is 8.95. The van der Waals surface area contributed by atoms with Gasteiger partial charge < -0.3 is 5.32 Å². The van der Waals surface area contributed by atoms with Crippen LogP contribution < -0.4 is 5.32 Å². The normalized spacial score (nSPS) is 26.8. The quantitative estimate of drug-likeness (QED) is 0.872. The lowest BCUT2D eigenvalue weighted by atomic mass is 9.78. The Bertz CT molecular complexity index is 347. The molecule has 0 bridgehead atoms. The standard InChI is InChI=1S/C14H23N3/c1-10-5-4-6-12(7-10)13(15-3)14-16-8-11(2)9-17-14/h8-10,12-13,15H,4-7H2,1-3H3. The molecule has 1 fully saturated rings. The lowest BCUT2D eigenvalue weighted by molar-refractivity contribution is 0.224. The topological polar surface area (TPSA) is 37.8 Å². The molecule has 2 rings (SSSR count). The highest BCUT2D eigenvalue weighted by Crippen LogP contribution is 2.35. The number of hydrogen-bond donors (Lipinski definition) is 1. The van der Waals surface area contributed by atoms with Gasteiger partial charge in [0.15, 0.2) is 0 Å². The molecule has 1 aromatic heterocycles. The Morgan fingerprint density at radius 1 is 1.29 bits per heavy atom. The Kier molecular flexibility index (Phi) is 4.11. The third-order valence-electron chi connectivity index (χ3n) is 3.84. The van der Waals surface area contributed by atoms with E-state index in [2.05, 4.69) is 22.2 Å². The van der Waals surface area contributed by atoms with Crippen LogP contribution in [-0.4, -0.2) is 17.0 Å². The maximum atomic E-state index is 4.48. The van der Waals surface area contributed by atoms with Crippen molar-refractivity contribution >= 4 is 0 Å². The number of aromatic nitrogens is 2. The summed E-state index contributed by atoms with van der Waals surface area (Å²) in [5.74, 6) is 2.48. The lowest BCUT2D eigenvalue weighted by Crippen LogP contribution is -2.30. The largest absolute Gasteiger partial charge is 0.310 e. The van der Waals surface area contributed by atoms with Gasteiger partial charge in [-0.15, -0.1) is 0 Å². The van der Waals surface area contributed by atoms with Gasteiger partial charge in [0.25, 0.3) is 0 Å². The number of aryl methyl sites for hydroxylation is 1. The van der Waals surface area contributed by atoms with E-state index in [0.29, 0.717) is 12.0 Å². The van der Waals surface area contributed by atoms with Crippen LogP contribution in [0, 0.1) is 18.8 Å².